The van der Waals surface area contributed by atoms with Crippen molar-refractivity contribution in [2.45, 2.75) is 13.5 Å². The zero-order valence-electron chi connectivity index (χ0n) is 12.2. The van der Waals surface area contributed by atoms with Crippen LogP contribution in [-0.4, -0.2) is 44.9 Å². The average molecular weight is 282 g/mol. The fraction of sp³-hybridized carbons (Fsp3) is 0.500. The molecule has 6 nitrogen and oxygen atoms in total. The van der Waals surface area contributed by atoms with Gasteiger partial charge in [0, 0.05) is 19.6 Å². The highest BCUT2D eigenvalue weighted by Crippen LogP contribution is 2.28. The Hall–Kier alpha value is -1.95. The van der Waals surface area contributed by atoms with Gasteiger partial charge in [-0.15, -0.1) is 0 Å². The third-order valence-corrected chi connectivity index (χ3v) is 2.75. The lowest BCUT2D eigenvalue weighted by atomic mass is 10.2. The number of methoxy groups -OCH3 is 2. The van der Waals surface area contributed by atoms with Crippen molar-refractivity contribution in [1.82, 2.24) is 4.90 Å². The molecule has 0 heterocycles. The maximum atomic E-state index is 11.8. The first kappa shape index (κ1) is 16.1. The molecular formula is C14H22N2O4. The van der Waals surface area contributed by atoms with Crippen molar-refractivity contribution in [1.29, 1.82) is 0 Å². The summed E-state index contributed by atoms with van der Waals surface area (Å²) in [6.45, 7) is 3.34. The van der Waals surface area contributed by atoms with E-state index in [1.807, 2.05) is 12.1 Å². The van der Waals surface area contributed by atoms with Crippen LogP contribution in [0.2, 0.25) is 0 Å². The third-order valence-electron chi connectivity index (χ3n) is 2.75. The van der Waals surface area contributed by atoms with Crippen LogP contribution in [0.25, 0.3) is 0 Å². The van der Waals surface area contributed by atoms with Crippen molar-refractivity contribution < 1.29 is 19.0 Å². The van der Waals surface area contributed by atoms with Gasteiger partial charge in [-0.25, -0.2) is 4.79 Å². The summed E-state index contributed by atoms with van der Waals surface area (Å²) in [4.78, 5) is 13.4. The van der Waals surface area contributed by atoms with E-state index < -0.39 is 0 Å². The minimum atomic E-state index is -0.368. The fourth-order valence-electron chi connectivity index (χ4n) is 1.80. The van der Waals surface area contributed by atoms with E-state index in [2.05, 4.69) is 0 Å². The summed E-state index contributed by atoms with van der Waals surface area (Å²) in [5.74, 6) is 1.28. The van der Waals surface area contributed by atoms with Gasteiger partial charge in [0.25, 0.3) is 0 Å². The van der Waals surface area contributed by atoms with Gasteiger partial charge in [-0.05, 0) is 24.6 Å². The molecule has 0 unspecified atom stereocenters. The molecule has 6 heteroatoms. The Kier molecular flexibility index (Phi) is 6.66. The van der Waals surface area contributed by atoms with Gasteiger partial charge in [0.15, 0.2) is 11.5 Å². The number of carbonyl (C=O) groups excluding carboxylic acids is 1. The molecule has 2 N–H and O–H groups in total. The molecule has 0 bridgehead atoms. The number of hydrogen-bond donors (Lipinski definition) is 1. The van der Waals surface area contributed by atoms with Gasteiger partial charge in [0.05, 0.1) is 20.8 Å². The van der Waals surface area contributed by atoms with Crippen LogP contribution < -0.4 is 15.2 Å². The fourth-order valence-corrected chi connectivity index (χ4v) is 1.80. The molecule has 0 aliphatic carbocycles. The third kappa shape index (κ3) is 4.31. The molecule has 0 saturated carbocycles. The van der Waals surface area contributed by atoms with Gasteiger partial charge >= 0.3 is 6.09 Å². The monoisotopic (exact) mass is 282 g/mol. The Morgan fingerprint density at radius 1 is 1.25 bits per heavy atom. The Labute approximate surface area is 119 Å². The second kappa shape index (κ2) is 8.27. The molecule has 0 atom stereocenters. The lowest BCUT2D eigenvalue weighted by Gasteiger charge is -2.21. The molecule has 0 fully saturated rings. The first-order valence-electron chi connectivity index (χ1n) is 6.48. The van der Waals surface area contributed by atoms with Crippen molar-refractivity contribution in [2.75, 3.05) is 33.9 Å². The largest absolute Gasteiger partial charge is 0.493 e. The zero-order valence-corrected chi connectivity index (χ0v) is 12.2. The molecule has 20 heavy (non-hydrogen) atoms. The topological polar surface area (TPSA) is 74.0 Å². The van der Waals surface area contributed by atoms with E-state index >= 15 is 0 Å². The van der Waals surface area contributed by atoms with E-state index in [0.717, 1.165) is 5.56 Å². The quantitative estimate of drug-likeness (QED) is 0.822. The number of nitrogens with two attached hydrogens (primary N) is 1. The summed E-state index contributed by atoms with van der Waals surface area (Å²) in [5.41, 5.74) is 6.45. The molecule has 0 aliphatic rings. The summed E-state index contributed by atoms with van der Waals surface area (Å²) in [7, 11) is 3.15. The summed E-state index contributed by atoms with van der Waals surface area (Å²) in [6.07, 6.45) is -0.368. The first-order valence-corrected chi connectivity index (χ1v) is 6.48. The van der Waals surface area contributed by atoms with Crippen molar-refractivity contribution in [2.24, 2.45) is 5.73 Å². The van der Waals surface area contributed by atoms with Gasteiger partial charge < -0.3 is 24.8 Å². The highest BCUT2D eigenvalue weighted by atomic mass is 16.6. The van der Waals surface area contributed by atoms with Crippen molar-refractivity contribution in [3.05, 3.63) is 23.8 Å². The minimum absolute atomic E-state index is 0.339. The van der Waals surface area contributed by atoms with Crippen LogP contribution in [0, 0.1) is 0 Å². The molecule has 112 valence electrons. The van der Waals surface area contributed by atoms with Gasteiger partial charge in [-0.2, -0.15) is 0 Å². The summed E-state index contributed by atoms with van der Waals surface area (Å²) in [6, 6.07) is 5.52. The molecule has 1 amide bonds. The molecule has 0 saturated heterocycles. The zero-order chi connectivity index (χ0) is 15.0. The second-order valence-electron chi connectivity index (χ2n) is 4.10. The molecule has 1 rings (SSSR count). The van der Waals surface area contributed by atoms with Crippen molar-refractivity contribution in [3.63, 3.8) is 0 Å². The minimum Gasteiger partial charge on any atom is -0.493 e. The number of amides is 1. The van der Waals surface area contributed by atoms with Crippen LogP contribution in [0.15, 0.2) is 18.2 Å². The number of nitrogens with zero attached hydrogens (tertiary/aromatic N) is 1. The van der Waals surface area contributed by atoms with Crippen molar-refractivity contribution >= 4 is 6.09 Å². The maximum absolute atomic E-state index is 11.8. The molecule has 0 aliphatic heterocycles. The van der Waals surface area contributed by atoms with E-state index in [-0.39, 0.29) is 6.09 Å². The molecule has 1 aromatic rings. The van der Waals surface area contributed by atoms with E-state index in [1.54, 1.807) is 32.1 Å². The average Bonchev–Trinajstić information content (AvgIpc) is 2.46. The SMILES string of the molecule is CCOC(=O)N(CCN)Cc1ccc(OC)c(OC)c1. The normalized spacial score (nSPS) is 10.0. The molecular weight excluding hydrogens is 260 g/mol. The molecule has 0 aromatic heterocycles. The highest BCUT2D eigenvalue weighted by molar-refractivity contribution is 5.67. The lowest BCUT2D eigenvalue weighted by molar-refractivity contribution is 0.106. The van der Waals surface area contributed by atoms with Crippen LogP contribution in [0.5, 0.6) is 11.5 Å². The van der Waals surface area contributed by atoms with E-state index in [0.29, 0.717) is 37.7 Å². The molecule has 0 spiro atoms. The van der Waals surface area contributed by atoms with E-state index in [1.165, 1.54) is 0 Å². The predicted molar refractivity (Wildman–Crippen MR) is 76.0 cm³/mol. The Bertz CT molecular complexity index is 437. The van der Waals surface area contributed by atoms with Crippen LogP contribution in [-0.2, 0) is 11.3 Å². The molecule has 1 aromatic carbocycles. The van der Waals surface area contributed by atoms with Crippen LogP contribution in [0.1, 0.15) is 12.5 Å². The van der Waals surface area contributed by atoms with Gasteiger partial charge in [0.2, 0.25) is 0 Å². The van der Waals surface area contributed by atoms with Gasteiger partial charge in [-0.1, -0.05) is 6.07 Å². The number of ether oxygens (including phenoxy) is 3. The smallest absolute Gasteiger partial charge is 0.410 e. The van der Waals surface area contributed by atoms with Crippen LogP contribution in [0.3, 0.4) is 0 Å². The number of benzene rings is 1. The Balaban J connectivity index is 2.85. The van der Waals surface area contributed by atoms with Gasteiger partial charge in [-0.3, -0.25) is 0 Å². The number of carbonyl (C=O) groups is 1. The van der Waals surface area contributed by atoms with Crippen LogP contribution >= 0.6 is 0 Å². The van der Waals surface area contributed by atoms with Gasteiger partial charge in [0.1, 0.15) is 0 Å². The van der Waals surface area contributed by atoms with Crippen molar-refractivity contribution in [3.8, 4) is 11.5 Å². The number of hydrogen-bond acceptors (Lipinski definition) is 5. The lowest BCUT2D eigenvalue weighted by Crippen LogP contribution is -2.35. The first-order chi connectivity index (χ1) is 9.65. The Morgan fingerprint density at radius 3 is 2.50 bits per heavy atom. The summed E-state index contributed by atoms with van der Waals surface area (Å²) in [5, 5.41) is 0. The highest BCUT2D eigenvalue weighted by Gasteiger charge is 2.15. The summed E-state index contributed by atoms with van der Waals surface area (Å²) >= 11 is 0. The standard InChI is InChI=1S/C14H22N2O4/c1-4-20-14(17)16(8-7-15)10-11-5-6-12(18-2)13(9-11)19-3/h5-6,9H,4,7-8,10,15H2,1-3H3. The number of rotatable bonds is 7. The molecule has 0 radical (unpaired) electrons. The van der Waals surface area contributed by atoms with Crippen LogP contribution in [0.4, 0.5) is 4.79 Å². The predicted octanol–water partition coefficient (Wildman–Crippen LogP) is 1.62. The second-order valence-corrected chi connectivity index (χ2v) is 4.10. The summed E-state index contributed by atoms with van der Waals surface area (Å²) < 4.78 is 15.4. The maximum Gasteiger partial charge on any atom is 0.410 e. The van der Waals surface area contributed by atoms with E-state index in [9.17, 15) is 4.79 Å². The van der Waals surface area contributed by atoms with E-state index in [4.69, 9.17) is 19.9 Å². The Morgan fingerprint density at radius 2 is 1.95 bits per heavy atom.